The van der Waals surface area contributed by atoms with Crippen LogP contribution in [0.2, 0.25) is 0 Å². The Morgan fingerprint density at radius 1 is 0.931 bits per heavy atom. The minimum Gasteiger partial charge on any atom is -0.497 e. The molecule has 3 aromatic carbocycles. The Balaban J connectivity index is 1.76. The third-order valence-corrected chi connectivity index (χ3v) is 5.38. The first-order valence-electron chi connectivity index (χ1n) is 10.3. The van der Waals surface area contributed by atoms with Crippen molar-refractivity contribution >= 4 is 10.8 Å². The Hall–Kier alpha value is -2.56. The maximum atomic E-state index is 6.18. The van der Waals surface area contributed by atoms with Gasteiger partial charge < -0.3 is 19.5 Å². The van der Waals surface area contributed by atoms with Crippen molar-refractivity contribution in [3.05, 3.63) is 60.2 Å². The zero-order valence-corrected chi connectivity index (χ0v) is 17.2. The number of hydrogen-bond acceptors (Lipinski definition) is 4. The van der Waals surface area contributed by atoms with Gasteiger partial charge in [-0.25, -0.2) is 0 Å². The number of methoxy groups -OCH3 is 2. The second-order valence-corrected chi connectivity index (χ2v) is 7.53. The molecule has 0 spiro atoms. The lowest BCUT2D eigenvalue weighted by atomic mass is 9.92. The molecule has 0 radical (unpaired) electrons. The number of nitrogens with one attached hydrogen (secondary N) is 1. The Labute approximate surface area is 172 Å². The minimum atomic E-state index is 0.648. The summed E-state index contributed by atoms with van der Waals surface area (Å²) >= 11 is 0. The van der Waals surface area contributed by atoms with Crippen molar-refractivity contribution in [3.63, 3.8) is 0 Å². The Kier molecular flexibility index (Phi) is 6.33. The van der Waals surface area contributed by atoms with Gasteiger partial charge in [-0.15, -0.1) is 0 Å². The molecule has 0 aliphatic heterocycles. The average Bonchev–Trinajstić information content (AvgIpc) is 3.60. The zero-order valence-electron chi connectivity index (χ0n) is 17.2. The summed E-state index contributed by atoms with van der Waals surface area (Å²) in [5.41, 5.74) is 3.73. The maximum absolute atomic E-state index is 6.18. The van der Waals surface area contributed by atoms with Crippen LogP contribution < -0.4 is 14.8 Å². The molecule has 1 aliphatic carbocycles. The Bertz CT molecular complexity index is 948. The molecule has 0 heterocycles. The molecule has 1 fully saturated rings. The smallest absolute Gasteiger partial charge is 0.127 e. The third-order valence-electron chi connectivity index (χ3n) is 5.38. The lowest BCUT2D eigenvalue weighted by molar-refractivity contribution is 0.172. The van der Waals surface area contributed by atoms with Crippen molar-refractivity contribution in [1.82, 2.24) is 5.32 Å². The van der Waals surface area contributed by atoms with Gasteiger partial charge in [0.15, 0.2) is 0 Å². The minimum absolute atomic E-state index is 0.648. The molecule has 4 rings (SSSR count). The van der Waals surface area contributed by atoms with Crippen LogP contribution in [0.3, 0.4) is 0 Å². The summed E-state index contributed by atoms with van der Waals surface area (Å²) in [5.74, 6) is 1.82. The van der Waals surface area contributed by atoms with E-state index in [9.17, 15) is 0 Å². The Morgan fingerprint density at radius 3 is 2.38 bits per heavy atom. The lowest BCUT2D eigenvalue weighted by Crippen LogP contribution is -2.16. The van der Waals surface area contributed by atoms with Crippen LogP contribution in [-0.2, 0) is 11.3 Å². The quantitative estimate of drug-likeness (QED) is 0.483. The van der Waals surface area contributed by atoms with Gasteiger partial charge in [0.1, 0.15) is 11.5 Å². The highest BCUT2D eigenvalue weighted by molar-refractivity contribution is 6.01. The van der Waals surface area contributed by atoms with Crippen LogP contribution in [0.25, 0.3) is 21.9 Å². The highest BCUT2D eigenvalue weighted by atomic mass is 16.5. The molecule has 0 saturated heterocycles. The third kappa shape index (κ3) is 4.72. The summed E-state index contributed by atoms with van der Waals surface area (Å²) in [5, 5.41) is 6.04. The van der Waals surface area contributed by atoms with E-state index in [-0.39, 0.29) is 0 Å². The van der Waals surface area contributed by atoms with Gasteiger partial charge in [-0.3, -0.25) is 0 Å². The summed E-state index contributed by atoms with van der Waals surface area (Å²) in [7, 11) is 3.42. The highest BCUT2D eigenvalue weighted by Crippen LogP contribution is 2.39. The summed E-state index contributed by atoms with van der Waals surface area (Å²) in [6.45, 7) is 2.19. The van der Waals surface area contributed by atoms with Crippen LogP contribution >= 0.6 is 0 Å². The highest BCUT2D eigenvalue weighted by Gasteiger charge is 2.22. The largest absolute Gasteiger partial charge is 0.497 e. The van der Waals surface area contributed by atoms with Crippen LogP contribution in [0.5, 0.6) is 11.5 Å². The van der Waals surface area contributed by atoms with E-state index in [2.05, 4.69) is 47.8 Å². The first-order valence-corrected chi connectivity index (χ1v) is 10.3. The molecule has 0 atom stereocenters. The molecule has 4 heteroatoms. The molecule has 1 aliphatic rings. The summed E-state index contributed by atoms with van der Waals surface area (Å²) in [6.07, 6.45) is 3.42. The van der Waals surface area contributed by atoms with E-state index >= 15 is 0 Å². The molecule has 0 unspecified atom stereocenters. The van der Waals surface area contributed by atoms with Gasteiger partial charge >= 0.3 is 0 Å². The van der Waals surface area contributed by atoms with Gasteiger partial charge in [-0.05, 0) is 53.1 Å². The van der Waals surface area contributed by atoms with Gasteiger partial charge in [0.25, 0.3) is 0 Å². The first-order chi connectivity index (χ1) is 14.3. The van der Waals surface area contributed by atoms with Crippen LogP contribution in [-0.4, -0.2) is 33.5 Å². The molecule has 152 valence electrons. The molecule has 0 amide bonds. The van der Waals surface area contributed by atoms with E-state index in [1.807, 2.05) is 12.1 Å². The van der Waals surface area contributed by atoms with Gasteiger partial charge in [0, 0.05) is 38.1 Å². The lowest BCUT2D eigenvalue weighted by Gasteiger charge is -2.18. The zero-order chi connectivity index (χ0) is 20.1. The van der Waals surface area contributed by atoms with E-state index in [0.29, 0.717) is 19.3 Å². The van der Waals surface area contributed by atoms with Gasteiger partial charge in [0.2, 0.25) is 0 Å². The van der Waals surface area contributed by atoms with Crippen LogP contribution in [0.1, 0.15) is 24.8 Å². The fourth-order valence-electron chi connectivity index (χ4n) is 3.68. The number of fused-ring (bicyclic) bond motifs is 1. The topological polar surface area (TPSA) is 39.7 Å². The number of benzene rings is 3. The average molecular weight is 392 g/mol. The van der Waals surface area contributed by atoms with E-state index in [1.54, 1.807) is 14.2 Å². The van der Waals surface area contributed by atoms with E-state index in [0.717, 1.165) is 29.9 Å². The summed E-state index contributed by atoms with van der Waals surface area (Å²) in [4.78, 5) is 0. The van der Waals surface area contributed by atoms with Crippen LogP contribution in [0.15, 0.2) is 54.6 Å². The molecule has 1 N–H and O–H groups in total. The van der Waals surface area contributed by atoms with Crippen molar-refractivity contribution in [2.75, 3.05) is 27.4 Å². The molecule has 0 aromatic heterocycles. The van der Waals surface area contributed by atoms with Crippen molar-refractivity contribution in [2.24, 2.45) is 0 Å². The normalized spacial score (nSPS) is 13.6. The van der Waals surface area contributed by atoms with Gasteiger partial charge in [-0.2, -0.15) is 0 Å². The second-order valence-electron chi connectivity index (χ2n) is 7.53. The molecular weight excluding hydrogens is 362 g/mol. The second kappa shape index (κ2) is 9.29. The molecule has 3 aromatic rings. The predicted octanol–water partition coefficient (Wildman–Crippen LogP) is 5.18. The SMILES string of the molecule is COCCCOc1cc(CNC2CC2)c(-c2ccc(OC)cc2)c2ccccc12. The van der Waals surface area contributed by atoms with E-state index in [1.165, 1.54) is 34.9 Å². The van der Waals surface area contributed by atoms with Gasteiger partial charge in [0.05, 0.1) is 13.7 Å². The van der Waals surface area contributed by atoms with Gasteiger partial charge in [-0.1, -0.05) is 36.4 Å². The predicted molar refractivity (Wildman–Crippen MR) is 118 cm³/mol. The van der Waals surface area contributed by atoms with Crippen molar-refractivity contribution in [2.45, 2.75) is 31.8 Å². The van der Waals surface area contributed by atoms with E-state index in [4.69, 9.17) is 14.2 Å². The molecule has 29 heavy (non-hydrogen) atoms. The maximum Gasteiger partial charge on any atom is 0.127 e. The van der Waals surface area contributed by atoms with Crippen LogP contribution in [0.4, 0.5) is 0 Å². The first kappa shape index (κ1) is 19.7. The van der Waals surface area contributed by atoms with Crippen molar-refractivity contribution in [1.29, 1.82) is 0 Å². The molecular formula is C25H29NO3. The number of ether oxygens (including phenoxy) is 3. The van der Waals surface area contributed by atoms with Crippen LogP contribution in [0, 0.1) is 0 Å². The summed E-state index contributed by atoms with van der Waals surface area (Å²) in [6, 6.07) is 19.7. The Morgan fingerprint density at radius 2 is 1.69 bits per heavy atom. The van der Waals surface area contributed by atoms with E-state index < -0.39 is 0 Å². The van der Waals surface area contributed by atoms with Crippen molar-refractivity contribution in [3.8, 4) is 22.6 Å². The number of rotatable bonds is 10. The molecule has 1 saturated carbocycles. The summed E-state index contributed by atoms with van der Waals surface area (Å²) < 4.78 is 16.7. The fraction of sp³-hybridized carbons (Fsp3) is 0.360. The van der Waals surface area contributed by atoms with Crippen molar-refractivity contribution < 1.29 is 14.2 Å². The number of hydrogen-bond donors (Lipinski definition) is 1. The fourth-order valence-corrected chi connectivity index (χ4v) is 3.68. The monoisotopic (exact) mass is 391 g/mol. The standard InChI is InChI=1S/C25H29NO3/c1-27-14-5-15-29-24-16-19(17-26-20-10-11-20)25(23-7-4-3-6-22(23)24)18-8-12-21(28-2)13-9-18/h3-4,6-9,12-13,16,20,26H,5,10-11,14-15,17H2,1-2H3. The molecule has 0 bridgehead atoms. The molecule has 4 nitrogen and oxygen atoms in total.